The van der Waals surface area contributed by atoms with Crippen LogP contribution in [0.1, 0.15) is 201 Å². The Morgan fingerprint density at radius 3 is 1.65 bits per heavy atom. The Hall–Kier alpha value is -3.68. The number of aliphatic hydroxyl groups excluding tert-OH is 5. The summed E-state index contributed by atoms with van der Waals surface area (Å²) < 4.78 is 17.5. The van der Waals surface area contributed by atoms with Crippen molar-refractivity contribution in [1.29, 1.82) is 0 Å². The molecule has 0 aromatic carbocycles. The summed E-state index contributed by atoms with van der Waals surface area (Å²) in [6.45, 7) is 5.54. The maximum Gasteiger partial charge on any atom is 0.306 e. The fraction of sp³-hybridized carbons (Fsp3) is 0.672. The minimum Gasteiger partial charge on any atom is -0.454 e. The first-order chi connectivity index (χ1) is 35.2. The number of hydrogen-bond acceptors (Lipinski definition) is 10. The molecular weight excluding hydrogens is 907 g/mol. The van der Waals surface area contributed by atoms with Crippen molar-refractivity contribution in [1.82, 2.24) is 5.32 Å². The molecule has 1 aliphatic rings. The molecule has 8 atom stereocenters. The van der Waals surface area contributed by atoms with Crippen molar-refractivity contribution in [3.05, 3.63) is 109 Å². The zero-order valence-electron chi connectivity index (χ0n) is 45.0. The summed E-state index contributed by atoms with van der Waals surface area (Å²) in [5, 5.41) is 56.7. The van der Waals surface area contributed by atoms with Crippen LogP contribution >= 0.6 is 0 Å². The molecule has 6 N–H and O–H groups in total. The quantitative estimate of drug-likeness (QED) is 0.0149. The average Bonchev–Trinajstić information content (AvgIpc) is 3.38. The van der Waals surface area contributed by atoms with E-state index in [0.717, 1.165) is 89.9 Å². The smallest absolute Gasteiger partial charge is 0.306 e. The average molecular weight is 1010 g/mol. The van der Waals surface area contributed by atoms with Crippen LogP contribution in [0.5, 0.6) is 0 Å². The second kappa shape index (κ2) is 48.3. The minimum atomic E-state index is -1.64. The highest BCUT2D eigenvalue weighted by molar-refractivity contribution is 5.80. The van der Waals surface area contributed by atoms with Gasteiger partial charge in [-0.05, 0) is 89.9 Å². The molecule has 1 saturated heterocycles. The summed E-state index contributed by atoms with van der Waals surface area (Å²) in [6.07, 6.45) is 54.2. The molecule has 0 aromatic heterocycles. The van der Waals surface area contributed by atoms with Crippen LogP contribution in [-0.2, 0) is 23.8 Å². The highest BCUT2D eigenvalue weighted by Crippen LogP contribution is 2.26. The monoisotopic (exact) mass is 1010 g/mol. The summed E-state index contributed by atoms with van der Waals surface area (Å²) in [5.74, 6) is -1.28. The van der Waals surface area contributed by atoms with Gasteiger partial charge in [0, 0.05) is 6.42 Å². The molecule has 8 unspecified atom stereocenters. The van der Waals surface area contributed by atoms with Gasteiger partial charge in [-0.25, -0.2) is 0 Å². The summed E-state index contributed by atoms with van der Waals surface area (Å²) in [6, 6.07) is -1.06. The largest absolute Gasteiger partial charge is 0.454 e. The van der Waals surface area contributed by atoms with Crippen LogP contribution in [0.4, 0.5) is 0 Å². The first-order valence-electron chi connectivity index (χ1n) is 28.2. The number of esters is 1. The van der Waals surface area contributed by atoms with E-state index in [9.17, 15) is 35.1 Å². The molecule has 1 rings (SSSR count). The lowest BCUT2D eigenvalue weighted by molar-refractivity contribution is -0.305. The van der Waals surface area contributed by atoms with Crippen LogP contribution in [0.25, 0.3) is 0 Å². The molecule has 1 aliphatic heterocycles. The normalized spacial score (nSPS) is 20.4. The minimum absolute atomic E-state index is 0.0747. The molecule has 410 valence electrons. The topological polar surface area (TPSA) is 175 Å². The number of carbonyl (C=O) groups is 2. The van der Waals surface area contributed by atoms with Crippen molar-refractivity contribution in [3.63, 3.8) is 0 Å². The van der Waals surface area contributed by atoms with Crippen LogP contribution in [-0.4, -0.2) is 99.6 Å². The molecule has 0 aliphatic carbocycles. The van der Waals surface area contributed by atoms with Gasteiger partial charge in [0.2, 0.25) is 5.91 Å². The third-order valence-electron chi connectivity index (χ3n) is 12.5. The van der Waals surface area contributed by atoms with Gasteiger partial charge in [0.15, 0.2) is 12.4 Å². The zero-order chi connectivity index (χ0) is 52.5. The van der Waals surface area contributed by atoms with Crippen molar-refractivity contribution in [3.8, 4) is 0 Å². The maximum atomic E-state index is 13.3. The fourth-order valence-electron chi connectivity index (χ4n) is 8.00. The van der Waals surface area contributed by atoms with Gasteiger partial charge in [-0.3, -0.25) is 9.59 Å². The van der Waals surface area contributed by atoms with Crippen LogP contribution < -0.4 is 5.32 Å². The Labute approximate surface area is 437 Å². The fourth-order valence-corrected chi connectivity index (χ4v) is 8.00. The van der Waals surface area contributed by atoms with Crippen LogP contribution in [0.15, 0.2) is 109 Å². The van der Waals surface area contributed by atoms with Gasteiger partial charge in [-0.15, -0.1) is 0 Å². The van der Waals surface area contributed by atoms with Crippen molar-refractivity contribution in [2.45, 2.75) is 250 Å². The summed E-state index contributed by atoms with van der Waals surface area (Å²) >= 11 is 0. The van der Waals surface area contributed by atoms with E-state index < -0.39 is 67.4 Å². The van der Waals surface area contributed by atoms with Gasteiger partial charge < -0.3 is 45.1 Å². The van der Waals surface area contributed by atoms with Crippen molar-refractivity contribution in [2.24, 2.45) is 0 Å². The SMILES string of the molecule is CC/C=C/C=C/C=C\C=C/CCCCC(O)C(=O)NC(COC1OC(CO)C(O)C(O)C1OC(=O)CCCCC/C=C\C/C=C\C/C=C\C/C=C\CCCCC)C(O)/C=C/CCCCCCCCCCCC. The van der Waals surface area contributed by atoms with E-state index in [4.69, 9.17) is 14.2 Å². The molecule has 0 bridgehead atoms. The number of allylic oxidation sites excluding steroid dienone is 17. The van der Waals surface area contributed by atoms with E-state index in [2.05, 4.69) is 80.8 Å². The number of carbonyl (C=O) groups excluding carboxylic acids is 2. The lowest BCUT2D eigenvalue weighted by Crippen LogP contribution is -2.61. The molecule has 72 heavy (non-hydrogen) atoms. The predicted octanol–water partition coefficient (Wildman–Crippen LogP) is 12.5. The second-order valence-electron chi connectivity index (χ2n) is 19.0. The van der Waals surface area contributed by atoms with E-state index in [1.165, 1.54) is 64.2 Å². The number of ether oxygens (including phenoxy) is 3. The van der Waals surface area contributed by atoms with E-state index in [1.54, 1.807) is 6.08 Å². The number of aliphatic hydroxyl groups is 5. The Morgan fingerprint density at radius 2 is 1.06 bits per heavy atom. The van der Waals surface area contributed by atoms with Crippen molar-refractivity contribution in [2.75, 3.05) is 13.2 Å². The number of nitrogens with one attached hydrogen (secondary N) is 1. The molecule has 11 heteroatoms. The Morgan fingerprint density at radius 1 is 0.569 bits per heavy atom. The molecule has 11 nitrogen and oxygen atoms in total. The van der Waals surface area contributed by atoms with Crippen LogP contribution in [0.3, 0.4) is 0 Å². The highest BCUT2D eigenvalue weighted by Gasteiger charge is 2.47. The van der Waals surface area contributed by atoms with Gasteiger partial charge in [0.25, 0.3) is 0 Å². The van der Waals surface area contributed by atoms with Gasteiger partial charge in [-0.1, -0.05) is 214 Å². The standard InChI is InChI=1S/C61H101NO10/c1-4-7-10-13-16-19-22-25-26-27-28-29-30-31-34-37-40-43-46-49-56(66)72-59-58(68)57(67)55(50-63)71-61(59)70-51-52(53(64)47-44-41-38-35-32-23-20-17-14-11-8-5-2)62-60(69)54(65)48-45-42-39-36-33-24-21-18-15-12-9-6-3/h9,12,15-16,18-19,21,24-26,28-29,31,33-34,36,44,47,52-55,57-59,61,63-65,67-68H,4-8,10-11,13-14,17,20,22-23,27,30,32,35,37-43,45-46,48-51H2,1-3H3,(H,62,69)/b12-9+,18-15+,19-16-,24-21-,26-25-,29-28-,34-31-,36-33-,47-44+. The molecule has 1 heterocycles. The number of amides is 1. The van der Waals surface area contributed by atoms with Gasteiger partial charge in [0.1, 0.15) is 24.4 Å². The lowest BCUT2D eigenvalue weighted by atomic mass is 9.99. The van der Waals surface area contributed by atoms with Gasteiger partial charge >= 0.3 is 5.97 Å². The number of unbranched alkanes of at least 4 members (excludes halogenated alkanes) is 18. The molecule has 0 radical (unpaired) electrons. The first-order valence-corrected chi connectivity index (χ1v) is 28.2. The maximum absolute atomic E-state index is 13.3. The molecule has 0 aromatic rings. The van der Waals surface area contributed by atoms with Crippen LogP contribution in [0, 0.1) is 0 Å². The number of rotatable bonds is 45. The number of hydrogen-bond donors (Lipinski definition) is 6. The van der Waals surface area contributed by atoms with E-state index in [1.807, 2.05) is 48.6 Å². The third kappa shape index (κ3) is 36.3. The molecule has 1 amide bonds. The van der Waals surface area contributed by atoms with E-state index in [-0.39, 0.29) is 19.4 Å². The molecule has 0 spiro atoms. The van der Waals surface area contributed by atoms with Crippen molar-refractivity contribution >= 4 is 11.9 Å². The zero-order valence-corrected chi connectivity index (χ0v) is 45.0. The Balaban J connectivity index is 2.78. The molecule has 1 fully saturated rings. The summed E-state index contributed by atoms with van der Waals surface area (Å²) in [5.41, 5.74) is 0. The Bertz CT molecular complexity index is 1580. The Kier molecular flexibility index (Phi) is 44.5. The third-order valence-corrected chi connectivity index (χ3v) is 12.5. The van der Waals surface area contributed by atoms with Crippen molar-refractivity contribution < 1.29 is 49.3 Å². The van der Waals surface area contributed by atoms with E-state index in [0.29, 0.717) is 12.8 Å². The lowest BCUT2D eigenvalue weighted by Gasteiger charge is -2.41. The molecule has 0 saturated carbocycles. The molecular formula is C61H101NO10. The van der Waals surface area contributed by atoms with Crippen LogP contribution in [0.2, 0.25) is 0 Å². The summed E-state index contributed by atoms with van der Waals surface area (Å²) in [4.78, 5) is 26.4. The highest BCUT2D eigenvalue weighted by atomic mass is 16.7. The van der Waals surface area contributed by atoms with Gasteiger partial charge in [0.05, 0.1) is 25.4 Å². The predicted molar refractivity (Wildman–Crippen MR) is 296 cm³/mol. The van der Waals surface area contributed by atoms with Gasteiger partial charge in [-0.2, -0.15) is 0 Å². The second-order valence-corrected chi connectivity index (χ2v) is 19.0. The first kappa shape index (κ1) is 66.3. The van der Waals surface area contributed by atoms with E-state index >= 15 is 0 Å². The summed E-state index contributed by atoms with van der Waals surface area (Å²) in [7, 11) is 0.